The molecule has 0 radical (unpaired) electrons. The molecule has 114 valence electrons. The number of carboxylic acids is 1. The summed E-state index contributed by atoms with van der Waals surface area (Å²) in [6.07, 6.45) is 5.69. The van der Waals surface area contributed by atoms with Crippen molar-refractivity contribution in [3.8, 4) is 0 Å². The zero-order valence-corrected chi connectivity index (χ0v) is 12.1. The van der Waals surface area contributed by atoms with Gasteiger partial charge >= 0.3 is 5.97 Å². The molecule has 0 aliphatic heterocycles. The van der Waals surface area contributed by atoms with Crippen LogP contribution in [0, 0.1) is 17.8 Å². The Morgan fingerprint density at radius 3 is 2.50 bits per heavy atom. The van der Waals surface area contributed by atoms with E-state index in [-0.39, 0.29) is 12.5 Å². The molecule has 2 aliphatic rings. The normalized spacial score (nSPS) is 37.6. The highest BCUT2D eigenvalue weighted by Crippen LogP contribution is 2.35. The van der Waals surface area contributed by atoms with E-state index in [0.29, 0.717) is 18.8 Å². The molecular weight excluding hydrogens is 258 g/mol. The highest BCUT2D eigenvalue weighted by atomic mass is 16.4. The van der Waals surface area contributed by atoms with E-state index in [2.05, 4.69) is 12.2 Å². The number of rotatable bonds is 4. The summed E-state index contributed by atoms with van der Waals surface area (Å²) in [6.45, 7) is 2.07. The lowest BCUT2D eigenvalue weighted by molar-refractivity contribution is -0.146. The number of aliphatic hydroxyl groups excluding tert-OH is 1. The Morgan fingerprint density at radius 2 is 1.90 bits per heavy atom. The third-order valence-electron chi connectivity index (χ3n) is 4.95. The summed E-state index contributed by atoms with van der Waals surface area (Å²) >= 11 is 0. The molecule has 0 bridgehead atoms. The zero-order valence-electron chi connectivity index (χ0n) is 12.1. The number of carboxylic acid groups (broad SMARTS) is 1. The Morgan fingerprint density at radius 1 is 1.20 bits per heavy atom. The number of carbonyl (C=O) groups excluding carboxylic acids is 1. The molecular formula is C15H25NO4. The standard InChI is InChI=1S/C15H25NO4/c1-10-4-3-7-15(8-10,9-17)16-13(18)11-5-2-6-12(11)14(19)20/h10-12,17H,2-9H2,1H3,(H,16,18)(H,19,20)/t10?,11-,12+,15?/m1/s1. The van der Waals surface area contributed by atoms with Crippen LogP contribution in [-0.4, -0.2) is 34.2 Å². The van der Waals surface area contributed by atoms with Crippen molar-refractivity contribution in [1.82, 2.24) is 5.32 Å². The maximum absolute atomic E-state index is 12.4. The van der Waals surface area contributed by atoms with Gasteiger partial charge in [0.1, 0.15) is 0 Å². The molecule has 2 rings (SSSR count). The number of aliphatic carboxylic acids is 1. The molecule has 2 fully saturated rings. The molecule has 5 nitrogen and oxygen atoms in total. The van der Waals surface area contributed by atoms with Gasteiger partial charge in [-0.1, -0.05) is 26.2 Å². The van der Waals surface area contributed by atoms with Crippen LogP contribution in [0.1, 0.15) is 51.9 Å². The van der Waals surface area contributed by atoms with E-state index in [1.807, 2.05) is 0 Å². The Labute approximate surface area is 119 Å². The minimum absolute atomic E-state index is 0.0620. The van der Waals surface area contributed by atoms with Crippen LogP contribution in [-0.2, 0) is 9.59 Å². The molecule has 0 heterocycles. The van der Waals surface area contributed by atoms with Crippen molar-refractivity contribution in [2.24, 2.45) is 17.8 Å². The van der Waals surface area contributed by atoms with Crippen LogP contribution >= 0.6 is 0 Å². The van der Waals surface area contributed by atoms with Gasteiger partial charge in [0.15, 0.2) is 0 Å². The number of hydrogen-bond donors (Lipinski definition) is 3. The van der Waals surface area contributed by atoms with Crippen molar-refractivity contribution in [1.29, 1.82) is 0 Å². The average molecular weight is 283 g/mol. The molecule has 20 heavy (non-hydrogen) atoms. The number of amides is 1. The first-order chi connectivity index (χ1) is 9.47. The zero-order chi connectivity index (χ0) is 14.8. The molecule has 4 atom stereocenters. The molecule has 0 aromatic heterocycles. The van der Waals surface area contributed by atoms with Gasteiger partial charge in [0.05, 0.1) is 24.0 Å². The van der Waals surface area contributed by atoms with Gasteiger partial charge < -0.3 is 15.5 Å². The number of carbonyl (C=O) groups is 2. The largest absolute Gasteiger partial charge is 0.481 e. The Balaban J connectivity index is 2.03. The third-order valence-corrected chi connectivity index (χ3v) is 4.95. The smallest absolute Gasteiger partial charge is 0.307 e. The van der Waals surface area contributed by atoms with Crippen LogP contribution in [0.3, 0.4) is 0 Å². The first-order valence-electron chi connectivity index (χ1n) is 7.63. The van der Waals surface area contributed by atoms with Crippen LogP contribution in [0.25, 0.3) is 0 Å². The lowest BCUT2D eigenvalue weighted by Crippen LogP contribution is -2.55. The van der Waals surface area contributed by atoms with E-state index < -0.39 is 23.3 Å². The van der Waals surface area contributed by atoms with Crippen molar-refractivity contribution in [2.45, 2.75) is 57.4 Å². The number of nitrogens with one attached hydrogen (secondary N) is 1. The first-order valence-corrected chi connectivity index (χ1v) is 7.63. The van der Waals surface area contributed by atoms with Gasteiger partial charge in [-0.15, -0.1) is 0 Å². The van der Waals surface area contributed by atoms with E-state index in [1.54, 1.807) is 0 Å². The van der Waals surface area contributed by atoms with Crippen LogP contribution in [0.2, 0.25) is 0 Å². The quantitative estimate of drug-likeness (QED) is 0.730. The molecule has 2 aliphatic carbocycles. The maximum atomic E-state index is 12.4. The van der Waals surface area contributed by atoms with Crippen molar-refractivity contribution in [2.75, 3.05) is 6.61 Å². The molecule has 0 saturated heterocycles. The molecule has 0 spiro atoms. The minimum atomic E-state index is -0.877. The van der Waals surface area contributed by atoms with Crippen molar-refractivity contribution in [3.05, 3.63) is 0 Å². The molecule has 0 aromatic rings. The van der Waals surface area contributed by atoms with Crippen LogP contribution in [0.5, 0.6) is 0 Å². The topological polar surface area (TPSA) is 86.6 Å². The van der Waals surface area contributed by atoms with Crippen LogP contribution in [0.4, 0.5) is 0 Å². The summed E-state index contributed by atoms with van der Waals surface area (Å²) in [7, 11) is 0. The average Bonchev–Trinajstić information content (AvgIpc) is 2.88. The summed E-state index contributed by atoms with van der Waals surface area (Å²) in [5.74, 6) is -1.58. The number of aliphatic hydroxyl groups is 1. The second-order valence-corrected chi connectivity index (χ2v) is 6.61. The molecule has 5 heteroatoms. The van der Waals surface area contributed by atoms with Gasteiger partial charge in [-0.25, -0.2) is 0 Å². The van der Waals surface area contributed by atoms with E-state index in [1.165, 1.54) is 0 Å². The summed E-state index contributed by atoms with van der Waals surface area (Å²) in [5, 5.41) is 21.9. The summed E-state index contributed by atoms with van der Waals surface area (Å²) < 4.78 is 0. The van der Waals surface area contributed by atoms with Gasteiger partial charge in [-0.05, 0) is 31.6 Å². The second-order valence-electron chi connectivity index (χ2n) is 6.61. The van der Waals surface area contributed by atoms with Crippen molar-refractivity contribution in [3.63, 3.8) is 0 Å². The van der Waals surface area contributed by atoms with Gasteiger partial charge in [-0.3, -0.25) is 9.59 Å². The van der Waals surface area contributed by atoms with E-state index in [4.69, 9.17) is 0 Å². The maximum Gasteiger partial charge on any atom is 0.307 e. The summed E-state index contributed by atoms with van der Waals surface area (Å²) in [5.41, 5.74) is -0.541. The lowest BCUT2D eigenvalue weighted by atomic mass is 9.76. The second kappa shape index (κ2) is 6.12. The Hall–Kier alpha value is -1.10. The molecule has 2 unspecified atom stereocenters. The fourth-order valence-electron chi connectivity index (χ4n) is 3.88. The highest BCUT2D eigenvalue weighted by molar-refractivity contribution is 5.85. The third kappa shape index (κ3) is 3.14. The summed E-state index contributed by atoms with van der Waals surface area (Å²) in [4.78, 5) is 23.6. The van der Waals surface area contributed by atoms with Gasteiger partial charge in [0, 0.05) is 0 Å². The lowest BCUT2D eigenvalue weighted by Gasteiger charge is -2.40. The van der Waals surface area contributed by atoms with Crippen molar-refractivity contribution >= 4 is 11.9 Å². The Bertz CT molecular complexity index is 384. The van der Waals surface area contributed by atoms with E-state index in [0.717, 1.165) is 32.1 Å². The van der Waals surface area contributed by atoms with Crippen molar-refractivity contribution < 1.29 is 19.8 Å². The fourth-order valence-corrected chi connectivity index (χ4v) is 3.88. The first kappa shape index (κ1) is 15.3. The van der Waals surface area contributed by atoms with E-state index in [9.17, 15) is 19.8 Å². The molecule has 0 aromatic carbocycles. The predicted octanol–water partition coefficient (Wildman–Crippen LogP) is 1.54. The van der Waals surface area contributed by atoms with Gasteiger partial charge in [0.25, 0.3) is 0 Å². The summed E-state index contributed by atoms with van der Waals surface area (Å²) in [6, 6.07) is 0. The van der Waals surface area contributed by atoms with E-state index >= 15 is 0 Å². The minimum Gasteiger partial charge on any atom is -0.481 e. The van der Waals surface area contributed by atoms with Gasteiger partial charge in [-0.2, -0.15) is 0 Å². The van der Waals surface area contributed by atoms with Crippen LogP contribution < -0.4 is 5.32 Å². The van der Waals surface area contributed by atoms with Crippen LogP contribution in [0.15, 0.2) is 0 Å². The monoisotopic (exact) mass is 283 g/mol. The Kier molecular flexibility index (Phi) is 4.68. The van der Waals surface area contributed by atoms with Gasteiger partial charge in [0.2, 0.25) is 5.91 Å². The fraction of sp³-hybridized carbons (Fsp3) is 0.867. The predicted molar refractivity (Wildman–Crippen MR) is 74.1 cm³/mol. The number of hydrogen-bond acceptors (Lipinski definition) is 3. The molecule has 2 saturated carbocycles. The molecule has 1 amide bonds. The SMILES string of the molecule is CC1CCCC(CO)(NC(=O)[C@@H]2CCC[C@@H]2C(=O)O)C1. The highest BCUT2D eigenvalue weighted by Gasteiger charge is 2.42. The molecule has 3 N–H and O–H groups in total.